The molecule has 1 rings (SSSR count). The number of hydrogen-bond donors (Lipinski definition) is 2. The molecule has 0 saturated carbocycles. The lowest BCUT2D eigenvalue weighted by Crippen LogP contribution is -2.12. The van der Waals surface area contributed by atoms with Crippen molar-refractivity contribution < 1.29 is 0 Å². The molecule has 3 N–H and O–H groups in total. The smallest absolute Gasteiger partial charge is 0.139 e. The van der Waals surface area contributed by atoms with Crippen LogP contribution in [0, 0.1) is 0 Å². The summed E-state index contributed by atoms with van der Waals surface area (Å²) in [5.41, 5.74) is 6.49. The Hall–Kier alpha value is -1.36. The zero-order chi connectivity index (χ0) is 10.4. The summed E-state index contributed by atoms with van der Waals surface area (Å²) < 4.78 is 0.719. The van der Waals surface area contributed by atoms with E-state index in [0.717, 1.165) is 10.2 Å². The van der Waals surface area contributed by atoms with E-state index in [-0.39, 0.29) is 0 Å². The Bertz CT molecular complexity index is 345. The van der Waals surface area contributed by atoms with Gasteiger partial charge in [-0.1, -0.05) is 0 Å². The molecule has 1 aromatic rings. The van der Waals surface area contributed by atoms with Crippen molar-refractivity contribution in [1.29, 1.82) is 0 Å². The van der Waals surface area contributed by atoms with Gasteiger partial charge in [-0.15, -0.1) is 0 Å². The van der Waals surface area contributed by atoms with Crippen LogP contribution in [0.4, 0.5) is 5.69 Å². The number of rotatable bonds is 3. The topological polar surface area (TPSA) is 63.3 Å². The fraction of sp³-hybridized carbons (Fsp3) is 0.111. The molecule has 1 aromatic heterocycles. The maximum absolute atomic E-state index is 5.71. The number of pyridine rings is 1. The van der Waals surface area contributed by atoms with Crippen LogP contribution in [0.25, 0.3) is 0 Å². The Morgan fingerprint density at radius 2 is 2.21 bits per heavy atom. The third kappa shape index (κ3) is 3.18. The van der Waals surface area contributed by atoms with Crippen LogP contribution in [-0.4, -0.2) is 17.9 Å². The largest absolute Gasteiger partial charge is 0.393 e. The van der Waals surface area contributed by atoms with E-state index in [1.54, 1.807) is 37.8 Å². The number of halogens is 1. The van der Waals surface area contributed by atoms with Crippen molar-refractivity contribution in [3.8, 4) is 0 Å². The fourth-order valence-corrected chi connectivity index (χ4v) is 1.13. The van der Waals surface area contributed by atoms with Crippen LogP contribution in [0.2, 0.25) is 0 Å². The van der Waals surface area contributed by atoms with Gasteiger partial charge in [0.25, 0.3) is 0 Å². The predicted molar refractivity (Wildman–Crippen MR) is 61.6 cm³/mol. The Kier molecular flexibility index (Phi) is 4.12. The second-order valence-corrected chi connectivity index (χ2v) is 3.34. The van der Waals surface area contributed by atoms with Gasteiger partial charge in [0.05, 0.1) is 10.2 Å². The second kappa shape index (κ2) is 5.39. The average molecular weight is 255 g/mol. The van der Waals surface area contributed by atoms with Crippen LogP contribution in [0.15, 0.2) is 40.2 Å². The first-order chi connectivity index (χ1) is 6.74. The van der Waals surface area contributed by atoms with E-state index in [9.17, 15) is 0 Å². The lowest BCUT2D eigenvalue weighted by atomic mass is 10.4. The van der Waals surface area contributed by atoms with E-state index in [4.69, 9.17) is 5.73 Å². The predicted octanol–water partition coefficient (Wildman–Crippen LogP) is 1.53. The van der Waals surface area contributed by atoms with Gasteiger partial charge in [0.1, 0.15) is 5.84 Å². The summed E-state index contributed by atoms with van der Waals surface area (Å²) in [6, 6.07) is 3.57. The molecule has 74 valence electrons. The third-order valence-corrected chi connectivity index (χ3v) is 2.06. The highest BCUT2D eigenvalue weighted by atomic mass is 79.9. The molecule has 0 spiro atoms. The van der Waals surface area contributed by atoms with E-state index < -0.39 is 0 Å². The lowest BCUT2D eigenvalue weighted by Gasteiger charge is -1.98. The minimum absolute atomic E-state index is 0.422. The Morgan fingerprint density at radius 1 is 1.57 bits per heavy atom. The molecule has 5 heteroatoms. The summed E-state index contributed by atoms with van der Waals surface area (Å²) in [4.78, 5) is 8.06. The molecule has 0 atom stereocenters. The minimum Gasteiger partial charge on any atom is -0.393 e. The molecule has 1 heterocycles. The molecular weight excluding hydrogens is 244 g/mol. The van der Waals surface area contributed by atoms with Crippen molar-refractivity contribution in [2.24, 2.45) is 10.7 Å². The highest BCUT2D eigenvalue weighted by molar-refractivity contribution is 9.12. The van der Waals surface area contributed by atoms with Crippen LogP contribution in [0.1, 0.15) is 0 Å². The van der Waals surface area contributed by atoms with Crippen LogP contribution in [-0.2, 0) is 0 Å². The first kappa shape index (κ1) is 10.7. The van der Waals surface area contributed by atoms with E-state index >= 15 is 0 Å². The molecule has 0 fully saturated rings. The van der Waals surface area contributed by atoms with Crippen LogP contribution in [0.5, 0.6) is 0 Å². The Morgan fingerprint density at radius 3 is 2.79 bits per heavy atom. The van der Waals surface area contributed by atoms with Crippen molar-refractivity contribution in [1.82, 2.24) is 10.3 Å². The Balaban J connectivity index is 2.84. The van der Waals surface area contributed by atoms with Gasteiger partial charge in [-0.05, 0) is 28.1 Å². The number of nitrogens with one attached hydrogen (secondary N) is 1. The minimum atomic E-state index is 0.422. The molecule has 4 nitrogen and oxygen atoms in total. The standard InChI is InChI=1S/C9H11BrN4/c1-12-6-8(10)9(11)14-7-2-4-13-5-3-7/h2-6,12H,1H3,(H2,11,13,14)/b8-6+. The van der Waals surface area contributed by atoms with Gasteiger partial charge in [-0.25, -0.2) is 4.99 Å². The highest BCUT2D eigenvalue weighted by Crippen LogP contribution is 2.12. The summed E-state index contributed by atoms with van der Waals surface area (Å²) in [7, 11) is 1.79. The molecule has 0 radical (unpaired) electrons. The van der Waals surface area contributed by atoms with Gasteiger partial charge >= 0.3 is 0 Å². The summed E-state index contributed by atoms with van der Waals surface area (Å²) >= 11 is 3.29. The van der Waals surface area contributed by atoms with Crippen LogP contribution >= 0.6 is 15.9 Å². The summed E-state index contributed by atoms with van der Waals surface area (Å²) in [6.45, 7) is 0. The number of amidine groups is 1. The molecule has 0 aliphatic rings. The van der Waals surface area contributed by atoms with E-state index in [2.05, 4.69) is 31.2 Å². The normalized spacial score (nSPS) is 12.7. The van der Waals surface area contributed by atoms with Crippen molar-refractivity contribution in [3.05, 3.63) is 35.2 Å². The Labute approximate surface area is 91.1 Å². The quantitative estimate of drug-likeness (QED) is 0.635. The molecule has 0 aliphatic heterocycles. The fourth-order valence-electron chi connectivity index (χ4n) is 0.812. The zero-order valence-electron chi connectivity index (χ0n) is 7.74. The van der Waals surface area contributed by atoms with E-state index in [0.29, 0.717) is 5.84 Å². The first-order valence-corrected chi connectivity index (χ1v) is 4.81. The molecule has 0 saturated heterocycles. The zero-order valence-corrected chi connectivity index (χ0v) is 9.32. The molecule has 0 bridgehead atoms. The number of hydrogen-bond acceptors (Lipinski definition) is 3. The maximum Gasteiger partial charge on any atom is 0.139 e. The van der Waals surface area contributed by atoms with Crippen molar-refractivity contribution in [3.63, 3.8) is 0 Å². The third-order valence-electron chi connectivity index (χ3n) is 1.43. The van der Waals surface area contributed by atoms with Crippen LogP contribution in [0.3, 0.4) is 0 Å². The lowest BCUT2D eigenvalue weighted by molar-refractivity contribution is 1.10. The molecule has 0 amide bonds. The number of aromatic nitrogens is 1. The van der Waals surface area contributed by atoms with Crippen LogP contribution < -0.4 is 11.1 Å². The highest BCUT2D eigenvalue weighted by Gasteiger charge is 1.97. The SMILES string of the molecule is CN/C=C(/Br)C(N)=Nc1ccncc1. The van der Waals surface area contributed by atoms with Gasteiger partial charge in [0.15, 0.2) is 0 Å². The molecule has 14 heavy (non-hydrogen) atoms. The summed E-state index contributed by atoms with van der Waals surface area (Å²) in [6.07, 6.45) is 5.06. The number of nitrogens with zero attached hydrogens (tertiary/aromatic N) is 2. The number of nitrogens with two attached hydrogens (primary N) is 1. The van der Waals surface area contributed by atoms with Crippen molar-refractivity contribution in [2.45, 2.75) is 0 Å². The second-order valence-electron chi connectivity index (χ2n) is 2.48. The van der Waals surface area contributed by atoms with Gasteiger partial charge in [-0.3, -0.25) is 4.98 Å². The maximum atomic E-state index is 5.71. The van der Waals surface area contributed by atoms with Gasteiger partial charge in [-0.2, -0.15) is 0 Å². The van der Waals surface area contributed by atoms with Gasteiger partial charge < -0.3 is 11.1 Å². The van der Waals surface area contributed by atoms with Gasteiger partial charge in [0.2, 0.25) is 0 Å². The monoisotopic (exact) mass is 254 g/mol. The van der Waals surface area contributed by atoms with Crippen molar-refractivity contribution in [2.75, 3.05) is 7.05 Å². The molecular formula is C9H11BrN4. The molecule has 0 aromatic carbocycles. The average Bonchev–Trinajstić information content (AvgIpc) is 2.19. The summed E-state index contributed by atoms with van der Waals surface area (Å²) in [5.74, 6) is 0.422. The van der Waals surface area contributed by atoms with Crippen molar-refractivity contribution >= 4 is 27.5 Å². The molecule has 0 aliphatic carbocycles. The number of aliphatic imine (C=N–C) groups is 1. The van der Waals surface area contributed by atoms with E-state index in [1.807, 2.05) is 0 Å². The van der Waals surface area contributed by atoms with E-state index in [1.165, 1.54) is 0 Å². The summed E-state index contributed by atoms with van der Waals surface area (Å²) in [5, 5.41) is 2.85. The molecule has 0 unspecified atom stereocenters. The first-order valence-electron chi connectivity index (χ1n) is 4.01. The van der Waals surface area contributed by atoms with Gasteiger partial charge in [0, 0.05) is 25.6 Å².